The van der Waals surface area contributed by atoms with E-state index >= 15 is 0 Å². The molecular weight excluding hydrogens is 386 g/mol. The molecule has 0 spiro atoms. The molecule has 0 N–H and O–H groups in total. The van der Waals surface area contributed by atoms with E-state index in [1.807, 2.05) is 0 Å². The highest BCUT2D eigenvalue weighted by Crippen LogP contribution is 2.68. The minimum absolute atomic E-state index is 0.280. The van der Waals surface area contributed by atoms with Crippen LogP contribution in [-0.4, -0.2) is 23.6 Å². The van der Waals surface area contributed by atoms with E-state index in [4.69, 9.17) is 12.8 Å². The van der Waals surface area contributed by atoms with E-state index in [0.717, 1.165) is 24.3 Å². The second-order valence-electron chi connectivity index (χ2n) is 5.88. The second-order valence-corrected chi connectivity index (χ2v) is 5.88. The molecular formula is C20H10F6O2. The zero-order valence-corrected chi connectivity index (χ0v) is 13.9. The predicted molar refractivity (Wildman–Crippen MR) is 87.6 cm³/mol. The molecule has 0 aliphatic heterocycles. The van der Waals surface area contributed by atoms with Crippen molar-refractivity contribution < 1.29 is 35.8 Å². The number of benzene rings is 2. The van der Waals surface area contributed by atoms with Crippen LogP contribution in [0.4, 0.5) is 26.3 Å². The van der Waals surface area contributed by atoms with Crippen molar-refractivity contribution >= 4 is 0 Å². The van der Waals surface area contributed by atoms with Gasteiger partial charge >= 0.3 is 23.6 Å². The van der Waals surface area contributed by atoms with Gasteiger partial charge in [-0.25, -0.2) is 0 Å². The van der Waals surface area contributed by atoms with Crippen molar-refractivity contribution in [1.82, 2.24) is 0 Å². The summed E-state index contributed by atoms with van der Waals surface area (Å²) in [7, 11) is 0. The standard InChI is InChI=1S/C20H10F6O2/c1-3-13-5-9-15(10-6-13)27-19(25)17(21,22)18(23,24)20(19,26)28-16-11-7-14(4-2)8-12-16/h1-2,5-12H. The minimum Gasteiger partial charge on any atom is -0.447 e. The van der Waals surface area contributed by atoms with Crippen LogP contribution in [0.1, 0.15) is 11.1 Å². The van der Waals surface area contributed by atoms with E-state index in [1.165, 1.54) is 24.3 Å². The number of ether oxygens (including phenoxy) is 2. The third-order valence-corrected chi connectivity index (χ3v) is 4.17. The Kier molecular flexibility index (Phi) is 4.27. The first-order valence-corrected chi connectivity index (χ1v) is 7.67. The largest absolute Gasteiger partial charge is 0.447 e. The normalized spacial score (nSPS) is 27.0. The first kappa shape index (κ1) is 19.5. The number of alkyl halides is 6. The maximum absolute atomic E-state index is 14.9. The third kappa shape index (κ3) is 2.41. The highest BCUT2D eigenvalue weighted by atomic mass is 19.3. The van der Waals surface area contributed by atoms with Gasteiger partial charge < -0.3 is 9.47 Å². The van der Waals surface area contributed by atoms with E-state index < -0.39 is 35.1 Å². The van der Waals surface area contributed by atoms with Gasteiger partial charge in [0.2, 0.25) is 0 Å². The molecule has 0 amide bonds. The minimum atomic E-state index is -5.52. The Hall–Kier alpha value is -3.26. The summed E-state index contributed by atoms with van der Waals surface area (Å²) < 4.78 is 94.0. The van der Waals surface area contributed by atoms with Crippen LogP contribution in [0.3, 0.4) is 0 Å². The lowest BCUT2D eigenvalue weighted by atomic mass is 9.76. The van der Waals surface area contributed by atoms with E-state index in [-0.39, 0.29) is 11.1 Å². The van der Waals surface area contributed by atoms with Crippen molar-refractivity contribution in [2.24, 2.45) is 0 Å². The van der Waals surface area contributed by atoms with Crippen molar-refractivity contribution in [3.05, 3.63) is 59.7 Å². The van der Waals surface area contributed by atoms with Crippen LogP contribution in [0.5, 0.6) is 11.5 Å². The molecule has 0 radical (unpaired) electrons. The summed E-state index contributed by atoms with van der Waals surface area (Å²) >= 11 is 0. The molecule has 2 nitrogen and oxygen atoms in total. The smallest absolute Gasteiger partial charge is 0.395 e. The average molecular weight is 396 g/mol. The molecule has 0 aromatic heterocycles. The summed E-state index contributed by atoms with van der Waals surface area (Å²) in [5.74, 6) is -17.5. The Labute approximate surface area is 156 Å². The predicted octanol–water partition coefficient (Wildman–Crippen LogP) is 4.72. The molecule has 0 bridgehead atoms. The lowest BCUT2D eigenvalue weighted by Gasteiger charge is -2.55. The number of hydrogen-bond donors (Lipinski definition) is 0. The summed E-state index contributed by atoms with van der Waals surface area (Å²) in [4.78, 5) is 0. The van der Waals surface area contributed by atoms with E-state index in [9.17, 15) is 26.3 Å². The molecule has 2 unspecified atom stereocenters. The summed E-state index contributed by atoms with van der Waals surface area (Å²) in [6.45, 7) is 0. The lowest BCUT2D eigenvalue weighted by Crippen LogP contribution is -2.89. The Morgan fingerprint density at radius 2 is 0.857 bits per heavy atom. The highest BCUT2D eigenvalue weighted by molar-refractivity contribution is 5.40. The van der Waals surface area contributed by atoms with Crippen LogP contribution in [0.15, 0.2) is 48.5 Å². The van der Waals surface area contributed by atoms with Crippen molar-refractivity contribution in [3.8, 4) is 36.2 Å². The summed E-state index contributed by atoms with van der Waals surface area (Å²) in [5.41, 5.74) is 0.560. The first-order chi connectivity index (χ1) is 13.0. The van der Waals surface area contributed by atoms with Gasteiger partial charge in [0.1, 0.15) is 11.5 Å². The Morgan fingerprint density at radius 3 is 1.11 bits per heavy atom. The van der Waals surface area contributed by atoms with E-state index in [2.05, 4.69) is 21.3 Å². The molecule has 28 heavy (non-hydrogen) atoms. The van der Waals surface area contributed by atoms with Gasteiger partial charge in [0, 0.05) is 11.1 Å². The third-order valence-electron chi connectivity index (χ3n) is 4.17. The zero-order chi connectivity index (χ0) is 20.8. The highest BCUT2D eigenvalue weighted by Gasteiger charge is 3.03. The molecule has 2 atom stereocenters. The molecule has 0 saturated heterocycles. The van der Waals surface area contributed by atoms with Crippen molar-refractivity contribution in [2.45, 2.75) is 23.6 Å². The van der Waals surface area contributed by atoms with Gasteiger partial charge in [-0.2, -0.15) is 26.3 Å². The Morgan fingerprint density at radius 1 is 0.571 bits per heavy atom. The topological polar surface area (TPSA) is 18.5 Å². The number of halogens is 6. The van der Waals surface area contributed by atoms with Crippen LogP contribution in [0, 0.1) is 24.7 Å². The zero-order valence-electron chi connectivity index (χ0n) is 13.9. The van der Waals surface area contributed by atoms with Crippen LogP contribution >= 0.6 is 0 Å². The molecule has 1 aliphatic carbocycles. The fraction of sp³-hybridized carbons (Fsp3) is 0.200. The second kappa shape index (κ2) is 6.13. The molecule has 1 fully saturated rings. The van der Waals surface area contributed by atoms with Crippen LogP contribution in [0.25, 0.3) is 0 Å². The van der Waals surface area contributed by atoms with Crippen LogP contribution in [0.2, 0.25) is 0 Å². The van der Waals surface area contributed by atoms with Gasteiger partial charge in [-0.15, -0.1) is 12.8 Å². The summed E-state index contributed by atoms with van der Waals surface area (Å²) in [5, 5.41) is 0. The quantitative estimate of drug-likeness (QED) is 0.550. The number of terminal acetylenes is 2. The molecule has 2 aromatic rings. The van der Waals surface area contributed by atoms with Crippen LogP contribution in [-0.2, 0) is 0 Å². The van der Waals surface area contributed by atoms with Crippen molar-refractivity contribution in [1.29, 1.82) is 0 Å². The maximum atomic E-state index is 14.9. The molecule has 0 heterocycles. The van der Waals surface area contributed by atoms with Crippen LogP contribution < -0.4 is 9.47 Å². The fourth-order valence-corrected chi connectivity index (χ4v) is 2.57. The first-order valence-electron chi connectivity index (χ1n) is 7.67. The average Bonchev–Trinajstić information content (AvgIpc) is 2.68. The molecule has 2 aromatic carbocycles. The van der Waals surface area contributed by atoms with E-state index in [1.54, 1.807) is 0 Å². The van der Waals surface area contributed by atoms with E-state index in [0.29, 0.717) is 0 Å². The summed E-state index contributed by atoms with van der Waals surface area (Å²) in [6.07, 6.45) is 10.2. The molecule has 1 saturated carbocycles. The van der Waals surface area contributed by atoms with Gasteiger partial charge in [0.15, 0.2) is 0 Å². The summed E-state index contributed by atoms with van der Waals surface area (Å²) in [6, 6.07) is 8.44. The van der Waals surface area contributed by atoms with Gasteiger partial charge in [-0.3, -0.25) is 0 Å². The molecule has 144 valence electrons. The monoisotopic (exact) mass is 396 g/mol. The maximum Gasteiger partial charge on any atom is 0.395 e. The van der Waals surface area contributed by atoms with Gasteiger partial charge in [-0.1, -0.05) is 11.8 Å². The van der Waals surface area contributed by atoms with Gasteiger partial charge in [-0.05, 0) is 48.5 Å². The van der Waals surface area contributed by atoms with Gasteiger partial charge in [0.25, 0.3) is 0 Å². The Balaban J connectivity index is 1.98. The Bertz CT molecular complexity index is 890. The van der Waals surface area contributed by atoms with Gasteiger partial charge in [0.05, 0.1) is 0 Å². The number of rotatable bonds is 4. The fourth-order valence-electron chi connectivity index (χ4n) is 2.57. The lowest BCUT2D eigenvalue weighted by molar-refractivity contribution is -0.527. The number of hydrogen-bond acceptors (Lipinski definition) is 2. The molecule has 8 heteroatoms. The van der Waals surface area contributed by atoms with Crippen molar-refractivity contribution in [3.63, 3.8) is 0 Å². The van der Waals surface area contributed by atoms with Crippen molar-refractivity contribution in [2.75, 3.05) is 0 Å². The molecule has 1 aliphatic rings. The SMILES string of the molecule is C#Cc1ccc(OC2(F)C(F)(F)C(F)(F)C2(F)Oc2ccc(C#C)cc2)cc1. The molecule has 3 rings (SSSR count).